The number of aromatic nitrogens is 2. The molecule has 1 aromatic rings. The van der Waals surface area contributed by atoms with E-state index in [2.05, 4.69) is 9.97 Å². The average molecular weight is 227 g/mol. The number of hydrogen-bond acceptors (Lipinski definition) is 4. The molecule has 0 aromatic carbocycles. The topological polar surface area (TPSA) is 49.2 Å². The minimum Gasteiger partial charge on any atom is -0.395 e. The number of rotatable bonds is 6. The summed E-state index contributed by atoms with van der Waals surface area (Å²) in [6.07, 6.45) is 2.79. The third kappa shape index (κ3) is 2.88. The predicted octanol–water partition coefficient (Wildman–Crippen LogP) is 1.39. The first-order valence-corrected chi connectivity index (χ1v) is 5.59. The highest BCUT2D eigenvalue weighted by atomic mass is 19.1. The van der Waals surface area contributed by atoms with Crippen LogP contribution >= 0.6 is 0 Å². The van der Waals surface area contributed by atoms with Gasteiger partial charge in [-0.2, -0.15) is 0 Å². The molecule has 0 unspecified atom stereocenters. The van der Waals surface area contributed by atoms with E-state index in [1.165, 1.54) is 6.33 Å². The fraction of sp³-hybridized carbons (Fsp3) is 0.636. The number of hydrogen-bond donors (Lipinski definition) is 1. The Kier molecular flexibility index (Phi) is 5.11. The zero-order valence-electron chi connectivity index (χ0n) is 9.78. The second-order valence-corrected chi connectivity index (χ2v) is 3.52. The molecule has 5 heteroatoms. The molecule has 0 aliphatic heterocycles. The van der Waals surface area contributed by atoms with Gasteiger partial charge in [0.2, 0.25) is 0 Å². The van der Waals surface area contributed by atoms with Crippen molar-refractivity contribution in [3.8, 4) is 0 Å². The Labute approximate surface area is 95.1 Å². The number of aliphatic hydroxyl groups is 1. The molecule has 0 aliphatic rings. The molecular weight excluding hydrogens is 209 g/mol. The van der Waals surface area contributed by atoms with Gasteiger partial charge in [-0.15, -0.1) is 0 Å². The molecular formula is C11H18FN3O. The highest BCUT2D eigenvalue weighted by Crippen LogP contribution is 2.18. The zero-order valence-corrected chi connectivity index (χ0v) is 9.78. The lowest BCUT2D eigenvalue weighted by molar-refractivity contribution is 0.301. The summed E-state index contributed by atoms with van der Waals surface area (Å²) in [5.74, 6) is -0.0744. The van der Waals surface area contributed by atoms with Crippen molar-refractivity contribution >= 4 is 5.82 Å². The molecule has 0 bridgehead atoms. The van der Waals surface area contributed by atoms with Gasteiger partial charge in [0.1, 0.15) is 6.33 Å². The molecule has 0 aliphatic carbocycles. The van der Waals surface area contributed by atoms with Gasteiger partial charge in [0, 0.05) is 13.1 Å². The summed E-state index contributed by atoms with van der Waals surface area (Å²) in [4.78, 5) is 9.58. The molecule has 0 spiro atoms. The lowest BCUT2D eigenvalue weighted by Gasteiger charge is -2.22. The monoisotopic (exact) mass is 227 g/mol. The van der Waals surface area contributed by atoms with Crippen LogP contribution < -0.4 is 4.90 Å². The molecule has 0 saturated heterocycles. The Bertz CT molecular complexity index is 327. The minimum atomic E-state index is -0.369. The third-order valence-corrected chi connectivity index (χ3v) is 2.34. The first-order chi connectivity index (χ1) is 7.74. The van der Waals surface area contributed by atoms with E-state index < -0.39 is 0 Å². The second kappa shape index (κ2) is 6.37. The van der Waals surface area contributed by atoms with E-state index in [1.807, 2.05) is 13.8 Å². The third-order valence-electron chi connectivity index (χ3n) is 2.34. The summed E-state index contributed by atoms with van der Waals surface area (Å²) < 4.78 is 13.9. The van der Waals surface area contributed by atoms with Crippen molar-refractivity contribution < 1.29 is 9.50 Å². The number of aliphatic hydroxyl groups excluding tert-OH is 1. The standard InChI is InChI=1S/C11H18FN3O/c1-3-5-15(6-7-16)11-10(12)9(4-2)13-8-14-11/h8,16H,3-7H2,1-2H3. The van der Waals surface area contributed by atoms with E-state index in [-0.39, 0.29) is 12.4 Å². The minimum absolute atomic E-state index is 0.00903. The maximum atomic E-state index is 13.9. The van der Waals surface area contributed by atoms with Crippen LogP contribution in [0.5, 0.6) is 0 Å². The molecule has 1 aromatic heterocycles. The van der Waals surface area contributed by atoms with Crippen LogP contribution in [0.2, 0.25) is 0 Å². The summed E-state index contributed by atoms with van der Waals surface area (Å²) in [6.45, 7) is 4.92. The van der Waals surface area contributed by atoms with Crippen molar-refractivity contribution in [1.82, 2.24) is 9.97 Å². The largest absolute Gasteiger partial charge is 0.395 e. The molecule has 1 rings (SSSR count). The fourth-order valence-corrected chi connectivity index (χ4v) is 1.58. The van der Waals surface area contributed by atoms with E-state index in [9.17, 15) is 4.39 Å². The lowest BCUT2D eigenvalue weighted by atomic mass is 10.3. The molecule has 1 heterocycles. The van der Waals surface area contributed by atoms with E-state index >= 15 is 0 Å². The van der Waals surface area contributed by atoms with Gasteiger partial charge in [-0.25, -0.2) is 14.4 Å². The molecule has 90 valence electrons. The fourth-order valence-electron chi connectivity index (χ4n) is 1.58. The average Bonchev–Trinajstić information content (AvgIpc) is 2.29. The zero-order chi connectivity index (χ0) is 12.0. The normalized spacial score (nSPS) is 10.5. The Balaban J connectivity index is 2.98. The molecule has 0 radical (unpaired) electrons. The van der Waals surface area contributed by atoms with Crippen molar-refractivity contribution in [3.63, 3.8) is 0 Å². The number of nitrogens with zero attached hydrogens (tertiary/aromatic N) is 3. The first-order valence-electron chi connectivity index (χ1n) is 5.59. The van der Waals surface area contributed by atoms with Crippen molar-refractivity contribution in [1.29, 1.82) is 0 Å². The Hall–Kier alpha value is -1.23. The summed E-state index contributed by atoms with van der Waals surface area (Å²) in [5.41, 5.74) is 0.420. The van der Waals surface area contributed by atoms with Crippen LogP contribution in [-0.2, 0) is 6.42 Å². The first kappa shape index (κ1) is 12.8. The van der Waals surface area contributed by atoms with Crippen molar-refractivity contribution in [2.24, 2.45) is 0 Å². The quantitative estimate of drug-likeness (QED) is 0.797. The number of halogens is 1. The molecule has 1 N–H and O–H groups in total. The molecule has 0 amide bonds. The molecule has 16 heavy (non-hydrogen) atoms. The molecule has 4 nitrogen and oxygen atoms in total. The van der Waals surface area contributed by atoms with Crippen LogP contribution in [0.25, 0.3) is 0 Å². The van der Waals surface area contributed by atoms with Gasteiger partial charge in [0.25, 0.3) is 0 Å². The van der Waals surface area contributed by atoms with Gasteiger partial charge in [0.05, 0.1) is 12.3 Å². The van der Waals surface area contributed by atoms with Crippen LogP contribution in [-0.4, -0.2) is 34.8 Å². The van der Waals surface area contributed by atoms with Gasteiger partial charge in [-0.3, -0.25) is 0 Å². The lowest BCUT2D eigenvalue weighted by Crippen LogP contribution is -2.29. The van der Waals surface area contributed by atoms with Gasteiger partial charge in [-0.05, 0) is 12.8 Å². The van der Waals surface area contributed by atoms with E-state index in [4.69, 9.17) is 5.11 Å². The van der Waals surface area contributed by atoms with Crippen LogP contribution in [0, 0.1) is 5.82 Å². The van der Waals surface area contributed by atoms with Crippen LogP contribution in [0.1, 0.15) is 26.0 Å². The predicted molar refractivity (Wildman–Crippen MR) is 61.0 cm³/mol. The van der Waals surface area contributed by atoms with Crippen molar-refractivity contribution in [2.45, 2.75) is 26.7 Å². The van der Waals surface area contributed by atoms with Gasteiger partial charge < -0.3 is 10.0 Å². The summed E-state index contributed by atoms with van der Waals surface area (Å²) >= 11 is 0. The second-order valence-electron chi connectivity index (χ2n) is 3.52. The van der Waals surface area contributed by atoms with E-state index in [1.54, 1.807) is 4.90 Å². The van der Waals surface area contributed by atoms with E-state index in [0.717, 1.165) is 6.42 Å². The Morgan fingerprint density at radius 3 is 2.62 bits per heavy atom. The van der Waals surface area contributed by atoms with Crippen LogP contribution in [0.15, 0.2) is 6.33 Å². The molecule has 0 saturated carbocycles. The Morgan fingerprint density at radius 1 is 1.31 bits per heavy atom. The maximum absolute atomic E-state index is 13.9. The summed E-state index contributed by atoms with van der Waals surface area (Å²) in [7, 11) is 0. The van der Waals surface area contributed by atoms with Gasteiger partial charge in [-0.1, -0.05) is 13.8 Å². The van der Waals surface area contributed by atoms with Gasteiger partial charge in [0.15, 0.2) is 11.6 Å². The van der Waals surface area contributed by atoms with Crippen LogP contribution in [0.3, 0.4) is 0 Å². The van der Waals surface area contributed by atoms with E-state index in [0.29, 0.717) is 31.0 Å². The highest BCUT2D eigenvalue weighted by Gasteiger charge is 2.15. The Morgan fingerprint density at radius 2 is 2.06 bits per heavy atom. The summed E-state index contributed by atoms with van der Waals surface area (Å²) in [5, 5.41) is 8.93. The highest BCUT2D eigenvalue weighted by molar-refractivity contribution is 5.40. The molecule has 0 fully saturated rings. The smallest absolute Gasteiger partial charge is 0.187 e. The number of anilines is 1. The van der Waals surface area contributed by atoms with Crippen molar-refractivity contribution in [3.05, 3.63) is 17.8 Å². The van der Waals surface area contributed by atoms with Crippen LogP contribution in [0.4, 0.5) is 10.2 Å². The molecule has 0 atom stereocenters. The summed E-state index contributed by atoms with van der Waals surface area (Å²) in [6, 6.07) is 0. The maximum Gasteiger partial charge on any atom is 0.187 e. The van der Waals surface area contributed by atoms with Gasteiger partial charge >= 0.3 is 0 Å². The SMILES string of the molecule is CCCN(CCO)c1ncnc(CC)c1F. The number of aryl methyl sites for hydroxylation is 1. The van der Waals surface area contributed by atoms with Crippen molar-refractivity contribution in [2.75, 3.05) is 24.6 Å².